The van der Waals surface area contributed by atoms with Crippen molar-refractivity contribution in [1.82, 2.24) is 5.32 Å². The summed E-state index contributed by atoms with van der Waals surface area (Å²) < 4.78 is 1.10. The van der Waals surface area contributed by atoms with Crippen LogP contribution in [0.25, 0.3) is 0 Å². The van der Waals surface area contributed by atoms with Gasteiger partial charge >= 0.3 is 0 Å². The Morgan fingerprint density at radius 2 is 2.00 bits per heavy atom. The van der Waals surface area contributed by atoms with E-state index in [4.69, 9.17) is 11.6 Å². The van der Waals surface area contributed by atoms with Gasteiger partial charge in [-0.3, -0.25) is 0 Å². The molecular weight excluding hydrogens is 342 g/mol. The summed E-state index contributed by atoms with van der Waals surface area (Å²) >= 11 is 11.6. The molecule has 1 unspecified atom stereocenters. The highest BCUT2D eigenvalue weighted by atomic mass is 79.9. The summed E-state index contributed by atoms with van der Waals surface area (Å²) in [6.07, 6.45) is 2.09. The molecule has 1 nitrogen and oxygen atoms in total. The lowest BCUT2D eigenvalue weighted by molar-refractivity contribution is 0.594. The van der Waals surface area contributed by atoms with Gasteiger partial charge < -0.3 is 5.32 Å². The van der Waals surface area contributed by atoms with Crippen molar-refractivity contribution in [3.8, 4) is 0 Å². The molecule has 0 radical (unpaired) electrons. The Hall–Kier alpha value is -0.350. The predicted octanol–water partition coefficient (Wildman–Crippen LogP) is 5.23. The molecule has 1 aromatic carbocycles. The molecule has 0 spiro atoms. The molecule has 1 N–H and O–H groups in total. The van der Waals surface area contributed by atoms with Crippen molar-refractivity contribution >= 4 is 38.9 Å². The Morgan fingerprint density at radius 1 is 1.26 bits per heavy atom. The van der Waals surface area contributed by atoms with E-state index in [0.29, 0.717) is 0 Å². The van der Waals surface area contributed by atoms with Gasteiger partial charge in [0, 0.05) is 31.7 Å². The van der Waals surface area contributed by atoms with E-state index in [0.717, 1.165) is 22.3 Å². The SMILES string of the molecule is CCc1ccc(CC(NC)c2cc(Cl)ccc2Br)s1. The molecule has 0 bridgehead atoms. The van der Waals surface area contributed by atoms with Crippen LogP contribution in [0.1, 0.15) is 28.3 Å². The number of hydrogen-bond donors (Lipinski definition) is 1. The second-order valence-electron chi connectivity index (χ2n) is 4.43. The van der Waals surface area contributed by atoms with Crippen LogP contribution in [0.3, 0.4) is 0 Å². The van der Waals surface area contributed by atoms with Crippen molar-refractivity contribution in [2.24, 2.45) is 0 Å². The van der Waals surface area contributed by atoms with Gasteiger partial charge in [0.2, 0.25) is 0 Å². The van der Waals surface area contributed by atoms with Gasteiger partial charge in [0.15, 0.2) is 0 Å². The number of thiophene rings is 1. The Labute approximate surface area is 132 Å². The summed E-state index contributed by atoms with van der Waals surface area (Å²) in [5.41, 5.74) is 1.21. The fourth-order valence-corrected chi connectivity index (χ4v) is 3.78. The molecule has 4 heteroatoms. The highest BCUT2D eigenvalue weighted by Gasteiger charge is 2.15. The highest BCUT2D eigenvalue weighted by Crippen LogP contribution is 2.30. The van der Waals surface area contributed by atoms with Gasteiger partial charge in [0.25, 0.3) is 0 Å². The number of halogens is 2. The minimum Gasteiger partial charge on any atom is -0.313 e. The zero-order chi connectivity index (χ0) is 13.8. The lowest BCUT2D eigenvalue weighted by Crippen LogP contribution is -2.18. The molecule has 19 heavy (non-hydrogen) atoms. The van der Waals surface area contributed by atoms with Crippen LogP contribution in [-0.2, 0) is 12.8 Å². The smallest absolute Gasteiger partial charge is 0.0410 e. The summed E-state index contributed by atoms with van der Waals surface area (Å²) in [7, 11) is 1.99. The van der Waals surface area contributed by atoms with Gasteiger partial charge in [-0.2, -0.15) is 0 Å². The third-order valence-electron chi connectivity index (χ3n) is 3.15. The highest BCUT2D eigenvalue weighted by molar-refractivity contribution is 9.10. The van der Waals surface area contributed by atoms with Gasteiger partial charge in [-0.25, -0.2) is 0 Å². The third-order valence-corrected chi connectivity index (χ3v) is 5.36. The van der Waals surface area contributed by atoms with Crippen LogP contribution >= 0.6 is 38.9 Å². The van der Waals surface area contributed by atoms with Crippen molar-refractivity contribution < 1.29 is 0 Å². The first-order valence-corrected chi connectivity index (χ1v) is 8.32. The van der Waals surface area contributed by atoms with E-state index < -0.39 is 0 Å². The minimum absolute atomic E-state index is 0.274. The fraction of sp³-hybridized carbons (Fsp3) is 0.333. The van der Waals surface area contributed by atoms with Crippen LogP contribution in [0.15, 0.2) is 34.8 Å². The van der Waals surface area contributed by atoms with Crippen molar-refractivity contribution in [2.45, 2.75) is 25.8 Å². The quantitative estimate of drug-likeness (QED) is 0.771. The van der Waals surface area contributed by atoms with E-state index in [9.17, 15) is 0 Å². The van der Waals surface area contributed by atoms with Gasteiger partial charge in [0.05, 0.1) is 0 Å². The maximum absolute atomic E-state index is 6.10. The first kappa shape index (κ1) is 15.0. The normalized spacial score (nSPS) is 12.6. The van der Waals surface area contributed by atoms with Gasteiger partial charge in [-0.05, 0) is 49.4 Å². The summed E-state index contributed by atoms with van der Waals surface area (Å²) in [4.78, 5) is 2.85. The second-order valence-corrected chi connectivity index (χ2v) is 6.98. The Balaban J connectivity index is 2.22. The lowest BCUT2D eigenvalue weighted by Gasteiger charge is -2.17. The van der Waals surface area contributed by atoms with Crippen molar-refractivity contribution in [3.63, 3.8) is 0 Å². The van der Waals surface area contributed by atoms with Crippen LogP contribution in [0.4, 0.5) is 0 Å². The van der Waals surface area contributed by atoms with Crippen LogP contribution in [-0.4, -0.2) is 7.05 Å². The summed E-state index contributed by atoms with van der Waals surface area (Å²) in [5.74, 6) is 0. The Bertz CT molecular complexity index is 553. The molecule has 2 rings (SSSR count). The van der Waals surface area contributed by atoms with E-state index in [2.05, 4.69) is 40.3 Å². The molecule has 0 fully saturated rings. The maximum atomic E-state index is 6.10. The van der Waals surface area contributed by atoms with Crippen LogP contribution in [0, 0.1) is 0 Å². The maximum Gasteiger partial charge on any atom is 0.0410 e. The van der Waals surface area contributed by atoms with Crippen molar-refractivity contribution in [1.29, 1.82) is 0 Å². The first-order chi connectivity index (χ1) is 9.13. The van der Waals surface area contributed by atoms with Gasteiger partial charge in [-0.15, -0.1) is 11.3 Å². The van der Waals surface area contributed by atoms with Crippen LogP contribution < -0.4 is 5.32 Å². The lowest BCUT2D eigenvalue weighted by atomic mass is 10.0. The second kappa shape index (κ2) is 6.89. The number of nitrogens with one attached hydrogen (secondary N) is 1. The monoisotopic (exact) mass is 357 g/mol. The average molecular weight is 359 g/mol. The molecule has 1 heterocycles. The number of rotatable bonds is 5. The van der Waals surface area contributed by atoms with E-state index >= 15 is 0 Å². The van der Waals surface area contributed by atoms with E-state index in [1.165, 1.54) is 15.3 Å². The molecule has 102 valence electrons. The predicted molar refractivity (Wildman–Crippen MR) is 88.4 cm³/mol. The fourth-order valence-electron chi connectivity index (χ4n) is 2.07. The molecule has 1 atom stereocenters. The van der Waals surface area contributed by atoms with Crippen LogP contribution in [0.2, 0.25) is 5.02 Å². The molecule has 0 aliphatic rings. The third kappa shape index (κ3) is 3.82. The molecule has 0 aliphatic heterocycles. The topological polar surface area (TPSA) is 12.0 Å². The zero-order valence-electron chi connectivity index (χ0n) is 11.0. The summed E-state index contributed by atoms with van der Waals surface area (Å²) in [6, 6.07) is 10.7. The molecule has 0 aliphatic carbocycles. The van der Waals surface area contributed by atoms with Gasteiger partial charge in [0.1, 0.15) is 0 Å². The van der Waals surface area contributed by atoms with E-state index in [1.807, 2.05) is 36.6 Å². The zero-order valence-corrected chi connectivity index (χ0v) is 14.2. The number of likely N-dealkylation sites (N-methyl/N-ethyl adjacent to an activating group) is 1. The van der Waals surface area contributed by atoms with Crippen LogP contribution in [0.5, 0.6) is 0 Å². The average Bonchev–Trinajstić information content (AvgIpc) is 2.87. The molecule has 1 aromatic heterocycles. The number of hydrogen-bond acceptors (Lipinski definition) is 2. The molecule has 0 saturated heterocycles. The van der Waals surface area contributed by atoms with Gasteiger partial charge in [-0.1, -0.05) is 34.5 Å². The minimum atomic E-state index is 0.274. The summed E-state index contributed by atoms with van der Waals surface area (Å²) in [5, 5.41) is 4.16. The van der Waals surface area contributed by atoms with E-state index in [1.54, 1.807) is 0 Å². The summed E-state index contributed by atoms with van der Waals surface area (Å²) in [6.45, 7) is 2.19. The molecule has 2 aromatic rings. The Morgan fingerprint density at radius 3 is 2.63 bits per heavy atom. The number of benzene rings is 1. The number of aryl methyl sites for hydroxylation is 1. The molecule has 0 saturated carbocycles. The molecular formula is C15H17BrClNS. The van der Waals surface area contributed by atoms with E-state index in [-0.39, 0.29) is 6.04 Å². The molecule has 0 amide bonds. The standard InChI is InChI=1S/C15H17BrClNS/c1-3-11-5-6-12(19-11)9-15(18-2)13-8-10(17)4-7-14(13)16/h4-8,15,18H,3,9H2,1-2H3. The van der Waals surface area contributed by atoms with Crippen molar-refractivity contribution in [2.75, 3.05) is 7.05 Å². The van der Waals surface area contributed by atoms with Crippen molar-refractivity contribution in [3.05, 3.63) is 55.1 Å². The first-order valence-electron chi connectivity index (χ1n) is 6.33. The Kier molecular flexibility index (Phi) is 5.46. The largest absolute Gasteiger partial charge is 0.313 e.